The van der Waals surface area contributed by atoms with E-state index in [1.165, 1.54) is 6.07 Å². The Labute approximate surface area is 155 Å². The number of hydrogen-bond acceptors (Lipinski definition) is 6. The Balaban J connectivity index is 2.00. The number of methoxy groups -OCH3 is 1. The first kappa shape index (κ1) is 20.0. The van der Waals surface area contributed by atoms with Crippen molar-refractivity contribution in [2.24, 2.45) is 0 Å². The number of aromatic nitrogens is 1. The first-order valence-corrected chi connectivity index (χ1v) is 9.82. The summed E-state index contributed by atoms with van der Waals surface area (Å²) in [6.45, 7) is 3.63. The number of sulfonamides is 1. The molecule has 0 radical (unpaired) electrons. The molecule has 142 valence electrons. The van der Waals surface area contributed by atoms with Gasteiger partial charge in [0.15, 0.2) is 0 Å². The van der Waals surface area contributed by atoms with E-state index in [0.717, 1.165) is 30.8 Å². The molecule has 1 heterocycles. The summed E-state index contributed by atoms with van der Waals surface area (Å²) in [5.74, 6) is 0.920. The molecule has 0 saturated heterocycles. The van der Waals surface area contributed by atoms with Crippen LogP contribution >= 0.6 is 0 Å². The molecule has 7 nitrogen and oxygen atoms in total. The van der Waals surface area contributed by atoms with Crippen LogP contribution in [-0.4, -0.2) is 52.6 Å². The zero-order valence-electron chi connectivity index (χ0n) is 15.6. The topological polar surface area (TPSA) is 83.6 Å². The fraction of sp³-hybridized carbons (Fsp3) is 0.389. The van der Waals surface area contributed by atoms with Crippen molar-refractivity contribution in [1.82, 2.24) is 9.88 Å². The number of pyridine rings is 1. The molecule has 0 atom stereocenters. The SMILES string of the molecule is COc1ccc(S(=O)(=O)Nc2ccc(NCCCN(C)C)cn2)cc1C. The van der Waals surface area contributed by atoms with Crippen molar-refractivity contribution >= 4 is 21.5 Å². The van der Waals surface area contributed by atoms with Crippen LogP contribution in [0.15, 0.2) is 41.4 Å². The number of nitrogens with zero attached hydrogens (tertiary/aromatic N) is 2. The number of nitrogens with one attached hydrogen (secondary N) is 2. The van der Waals surface area contributed by atoms with Gasteiger partial charge in [0, 0.05) is 6.54 Å². The largest absolute Gasteiger partial charge is 0.496 e. The van der Waals surface area contributed by atoms with Crippen LogP contribution in [0.4, 0.5) is 11.5 Å². The summed E-state index contributed by atoms with van der Waals surface area (Å²) < 4.78 is 32.7. The normalized spacial score (nSPS) is 11.4. The average molecular weight is 378 g/mol. The van der Waals surface area contributed by atoms with Gasteiger partial charge in [0.25, 0.3) is 10.0 Å². The predicted octanol–water partition coefficient (Wildman–Crippen LogP) is 2.56. The summed E-state index contributed by atoms with van der Waals surface area (Å²) in [5.41, 5.74) is 1.60. The van der Waals surface area contributed by atoms with Gasteiger partial charge < -0.3 is 15.0 Å². The zero-order valence-corrected chi connectivity index (χ0v) is 16.4. The van der Waals surface area contributed by atoms with Crippen molar-refractivity contribution in [2.45, 2.75) is 18.2 Å². The molecule has 0 fully saturated rings. The third-order valence-corrected chi connectivity index (χ3v) is 5.14. The maximum Gasteiger partial charge on any atom is 0.263 e. The molecule has 0 aliphatic rings. The number of aryl methyl sites for hydroxylation is 1. The van der Waals surface area contributed by atoms with Crippen LogP contribution in [-0.2, 0) is 10.0 Å². The number of rotatable bonds is 9. The van der Waals surface area contributed by atoms with Crippen LogP contribution in [0.2, 0.25) is 0 Å². The predicted molar refractivity (Wildman–Crippen MR) is 104 cm³/mol. The molecule has 2 rings (SSSR count). The van der Waals surface area contributed by atoms with Crippen molar-refractivity contribution in [2.75, 3.05) is 44.3 Å². The van der Waals surface area contributed by atoms with Crippen LogP contribution < -0.4 is 14.8 Å². The van der Waals surface area contributed by atoms with Crippen molar-refractivity contribution in [3.05, 3.63) is 42.1 Å². The second kappa shape index (κ2) is 8.86. The lowest BCUT2D eigenvalue weighted by atomic mass is 10.2. The molecule has 0 unspecified atom stereocenters. The molecule has 1 aromatic carbocycles. The Bertz CT molecular complexity index is 821. The molecular weight excluding hydrogens is 352 g/mol. The first-order chi connectivity index (χ1) is 12.3. The maximum atomic E-state index is 12.5. The van der Waals surface area contributed by atoms with Gasteiger partial charge in [0.1, 0.15) is 11.6 Å². The molecule has 1 aromatic heterocycles. The van der Waals surface area contributed by atoms with Crippen LogP contribution in [0.1, 0.15) is 12.0 Å². The molecule has 0 aliphatic heterocycles. The fourth-order valence-corrected chi connectivity index (χ4v) is 3.49. The number of benzene rings is 1. The quantitative estimate of drug-likeness (QED) is 0.653. The molecule has 0 saturated carbocycles. The monoisotopic (exact) mass is 378 g/mol. The average Bonchev–Trinajstić information content (AvgIpc) is 2.59. The highest BCUT2D eigenvalue weighted by molar-refractivity contribution is 7.92. The van der Waals surface area contributed by atoms with E-state index >= 15 is 0 Å². The molecule has 0 amide bonds. The fourth-order valence-electron chi connectivity index (χ4n) is 2.40. The lowest BCUT2D eigenvalue weighted by Gasteiger charge is -2.12. The van der Waals surface area contributed by atoms with Gasteiger partial charge >= 0.3 is 0 Å². The Kier molecular flexibility index (Phi) is 6.82. The van der Waals surface area contributed by atoms with Crippen molar-refractivity contribution in [1.29, 1.82) is 0 Å². The van der Waals surface area contributed by atoms with Crippen molar-refractivity contribution in [3.8, 4) is 5.75 Å². The van der Waals surface area contributed by atoms with Gasteiger partial charge in [-0.05, 0) is 69.9 Å². The highest BCUT2D eigenvalue weighted by Gasteiger charge is 2.16. The summed E-state index contributed by atoms with van der Waals surface area (Å²) in [5, 5.41) is 3.26. The highest BCUT2D eigenvalue weighted by atomic mass is 32.2. The Morgan fingerprint density at radius 2 is 1.96 bits per heavy atom. The molecule has 26 heavy (non-hydrogen) atoms. The Morgan fingerprint density at radius 3 is 2.54 bits per heavy atom. The Hall–Kier alpha value is -2.32. The van der Waals surface area contributed by atoms with E-state index in [-0.39, 0.29) is 10.7 Å². The first-order valence-electron chi connectivity index (χ1n) is 8.34. The van der Waals surface area contributed by atoms with Crippen LogP contribution in [0.5, 0.6) is 5.75 Å². The number of ether oxygens (including phenoxy) is 1. The Morgan fingerprint density at radius 1 is 1.19 bits per heavy atom. The number of anilines is 2. The zero-order chi connectivity index (χ0) is 19.2. The standard InChI is InChI=1S/C18H26N4O3S/c1-14-12-16(7-8-17(14)25-4)26(23,24)21-18-9-6-15(13-20-18)19-10-5-11-22(2)3/h6-9,12-13,19H,5,10-11H2,1-4H3,(H,20,21). The highest BCUT2D eigenvalue weighted by Crippen LogP contribution is 2.23. The van der Waals surface area contributed by atoms with Gasteiger partial charge in [-0.25, -0.2) is 13.4 Å². The third kappa shape index (κ3) is 5.60. The maximum absolute atomic E-state index is 12.5. The molecule has 0 spiro atoms. The summed E-state index contributed by atoms with van der Waals surface area (Å²) in [6, 6.07) is 8.16. The van der Waals surface area contributed by atoms with Gasteiger partial charge in [-0.1, -0.05) is 0 Å². The van der Waals surface area contributed by atoms with Crippen LogP contribution in [0.25, 0.3) is 0 Å². The minimum atomic E-state index is -3.70. The third-order valence-electron chi connectivity index (χ3n) is 3.79. The summed E-state index contributed by atoms with van der Waals surface area (Å²) in [7, 11) is 1.92. The second-order valence-corrected chi connectivity index (χ2v) is 7.94. The lowest BCUT2D eigenvalue weighted by Crippen LogP contribution is -2.16. The van der Waals surface area contributed by atoms with Gasteiger partial charge in [-0.3, -0.25) is 4.72 Å². The van der Waals surface area contributed by atoms with Gasteiger partial charge in [-0.15, -0.1) is 0 Å². The van der Waals surface area contributed by atoms with Crippen LogP contribution in [0, 0.1) is 6.92 Å². The van der Waals surface area contributed by atoms with E-state index in [2.05, 4.69) is 19.9 Å². The summed E-state index contributed by atoms with van der Waals surface area (Å²) in [4.78, 5) is 6.47. The van der Waals surface area contributed by atoms with E-state index < -0.39 is 10.0 Å². The van der Waals surface area contributed by atoms with Gasteiger partial charge in [-0.2, -0.15) is 0 Å². The van der Waals surface area contributed by atoms with Crippen molar-refractivity contribution < 1.29 is 13.2 Å². The molecule has 0 bridgehead atoms. The van der Waals surface area contributed by atoms with Crippen molar-refractivity contribution in [3.63, 3.8) is 0 Å². The van der Waals surface area contributed by atoms with Crippen LogP contribution in [0.3, 0.4) is 0 Å². The smallest absolute Gasteiger partial charge is 0.263 e. The van der Waals surface area contributed by atoms with Gasteiger partial charge in [0.2, 0.25) is 0 Å². The molecule has 8 heteroatoms. The van der Waals surface area contributed by atoms with E-state index in [1.807, 2.05) is 14.1 Å². The molecular formula is C18H26N4O3S. The van der Waals surface area contributed by atoms with E-state index in [0.29, 0.717) is 5.75 Å². The minimum Gasteiger partial charge on any atom is -0.496 e. The second-order valence-electron chi connectivity index (χ2n) is 6.25. The summed E-state index contributed by atoms with van der Waals surface area (Å²) >= 11 is 0. The lowest BCUT2D eigenvalue weighted by molar-refractivity contribution is 0.405. The van der Waals surface area contributed by atoms with Gasteiger partial charge in [0.05, 0.1) is 23.9 Å². The molecule has 0 aliphatic carbocycles. The van der Waals surface area contributed by atoms with E-state index in [4.69, 9.17) is 4.74 Å². The number of hydrogen-bond donors (Lipinski definition) is 2. The van der Waals surface area contributed by atoms with E-state index in [9.17, 15) is 8.42 Å². The molecule has 2 N–H and O–H groups in total. The van der Waals surface area contributed by atoms with E-state index in [1.54, 1.807) is 44.5 Å². The minimum absolute atomic E-state index is 0.170. The molecule has 2 aromatic rings. The summed E-state index contributed by atoms with van der Waals surface area (Å²) in [6.07, 6.45) is 2.63.